The van der Waals surface area contributed by atoms with Crippen LogP contribution >= 0.6 is 30.3 Å². The summed E-state index contributed by atoms with van der Waals surface area (Å²) in [6, 6.07) is -0.115. The summed E-state index contributed by atoms with van der Waals surface area (Å²) in [5, 5.41) is 9.76. The fourth-order valence-corrected chi connectivity index (χ4v) is 3.09. The molecular weight excluding hydrogens is 287 g/mol. The highest BCUT2D eigenvalue weighted by molar-refractivity contribution is 14.2. The Balaban J connectivity index is 2.65. The van der Waals surface area contributed by atoms with Crippen molar-refractivity contribution in [3.63, 3.8) is 0 Å². The highest BCUT2D eigenvalue weighted by atomic mass is 127. The third-order valence-electron chi connectivity index (χ3n) is 2.30. The highest BCUT2D eigenvalue weighted by Gasteiger charge is 2.39. The standard InChI is InChI=1S/C7H15IN2OS/c1-7(2)4-10(12-8)3-5(9)6(7)11/h5-6,11H,3-4,9H2,1-2H3. The maximum Gasteiger partial charge on any atom is 0.0767 e. The van der Waals surface area contributed by atoms with Crippen molar-refractivity contribution < 1.29 is 5.11 Å². The van der Waals surface area contributed by atoms with Crippen LogP contribution in [0.25, 0.3) is 0 Å². The topological polar surface area (TPSA) is 49.5 Å². The van der Waals surface area contributed by atoms with Crippen LogP contribution in [0.3, 0.4) is 0 Å². The van der Waals surface area contributed by atoms with Gasteiger partial charge in [-0.1, -0.05) is 13.8 Å². The van der Waals surface area contributed by atoms with Crippen molar-refractivity contribution in [1.82, 2.24) is 4.31 Å². The first kappa shape index (κ1) is 11.0. The molecule has 72 valence electrons. The number of rotatable bonds is 1. The Hall–Kier alpha value is 0.960. The average Bonchev–Trinajstić information content (AvgIpc) is 1.99. The largest absolute Gasteiger partial charge is 0.391 e. The predicted octanol–water partition coefficient (Wildman–Crippen LogP) is 1.01. The van der Waals surface area contributed by atoms with E-state index in [0.717, 1.165) is 13.1 Å². The molecule has 3 nitrogen and oxygen atoms in total. The summed E-state index contributed by atoms with van der Waals surface area (Å²) < 4.78 is 2.19. The zero-order valence-electron chi connectivity index (χ0n) is 7.33. The summed E-state index contributed by atoms with van der Waals surface area (Å²) in [6.07, 6.45) is -0.378. The van der Waals surface area contributed by atoms with Gasteiger partial charge in [-0.2, -0.15) is 0 Å². The highest BCUT2D eigenvalue weighted by Crippen LogP contribution is 2.33. The molecule has 1 aliphatic heterocycles. The second-order valence-corrected chi connectivity index (χ2v) is 5.82. The Morgan fingerprint density at radius 1 is 1.67 bits per heavy atom. The van der Waals surface area contributed by atoms with Crippen LogP contribution in [0, 0.1) is 5.41 Å². The summed E-state index contributed by atoms with van der Waals surface area (Å²) in [5.41, 5.74) is 5.72. The number of hydrogen-bond donors (Lipinski definition) is 2. The second-order valence-electron chi connectivity index (χ2n) is 3.99. The van der Waals surface area contributed by atoms with Crippen LogP contribution in [0.4, 0.5) is 0 Å². The molecule has 1 aliphatic rings. The van der Waals surface area contributed by atoms with Crippen LogP contribution in [0.15, 0.2) is 0 Å². The smallest absolute Gasteiger partial charge is 0.0767 e. The quantitative estimate of drug-likeness (QED) is 0.561. The van der Waals surface area contributed by atoms with Crippen molar-refractivity contribution in [2.24, 2.45) is 11.1 Å². The Morgan fingerprint density at radius 2 is 2.25 bits per heavy atom. The van der Waals surface area contributed by atoms with Crippen molar-refractivity contribution in [3.8, 4) is 0 Å². The number of nitrogens with zero attached hydrogens (tertiary/aromatic N) is 1. The molecule has 0 bridgehead atoms. The minimum absolute atomic E-state index is 0.0875. The first-order chi connectivity index (χ1) is 5.47. The number of halogens is 1. The molecule has 0 aliphatic carbocycles. The van der Waals surface area contributed by atoms with Gasteiger partial charge < -0.3 is 10.8 Å². The monoisotopic (exact) mass is 302 g/mol. The van der Waals surface area contributed by atoms with Gasteiger partial charge in [0.2, 0.25) is 0 Å². The molecular formula is C7H15IN2OS. The average molecular weight is 302 g/mol. The second kappa shape index (κ2) is 4.00. The number of piperidine rings is 1. The van der Waals surface area contributed by atoms with Gasteiger partial charge in [0.25, 0.3) is 0 Å². The molecule has 1 heterocycles. The number of nitrogens with two attached hydrogens (primary N) is 1. The molecule has 0 aromatic rings. The van der Waals surface area contributed by atoms with Crippen LogP contribution in [0.2, 0.25) is 0 Å². The molecule has 5 heteroatoms. The van der Waals surface area contributed by atoms with E-state index >= 15 is 0 Å². The van der Waals surface area contributed by atoms with E-state index in [0.29, 0.717) is 0 Å². The van der Waals surface area contributed by atoms with E-state index in [-0.39, 0.29) is 17.6 Å². The van der Waals surface area contributed by atoms with Crippen LogP contribution < -0.4 is 5.73 Å². The molecule has 0 amide bonds. The summed E-state index contributed by atoms with van der Waals surface area (Å²) in [4.78, 5) is 0. The summed E-state index contributed by atoms with van der Waals surface area (Å²) in [7, 11) is 1.67. The summed E-state index contributed by atoms with van der Waals surface area (Å²) in [5.74, 6) is 0. The van der Waals surface area contributed by atoms with Crippen LogP contribution in [-0.4, -0.2) is 34.6 Å². The van der Waals surface area contributed by atoms with E-state index in [4.69, 9.17) is 5.73 Å². The van der Waals surface area contributed by atoms with Crippen molar-refractivity contribution in [2.45, 2.75) is 26.0 Å². The molecule has 1 rings (SSSR count). The van der Waals surface area contributed by atoms with E-state index in [1.54, 1.807) is 9.12 Å². The molecule has 1 fully saturated rings. The molecule has 0 aromatic carbocycles. The zero-order chi connectivity index (χ0) is 9.35. The number of aliphatic hydroxyl groups excluding tert-OH is 1. The number of hydrogen-bond acceptors (Lipinski definition) is 4. The normalized spacial score (nSPS) is 36.8. The lowest BCUT2D eigenvalue weighted by molar-refractivity contribution is -0.0128. The maximum absolute atomic E-state index is 9.76. The van der Waals surface area contributed by atoms with Crippen molar-refractivity contribution in [2.75, 3.05) is 13.1 Å². The van der Waals surface area contributed by atoms with E-state index in [1.807, 2.05) is 0 Å². The molecule has 2 unspecified atom stereocenters. The van der Waals surface area contributed by atoms with Crippen molar-refractivity contribution in [1.29, 1.82) is 0 Å². The third-order valence-corrected chi connectivity index (χ3v) is 4.45. The summed E-state index contributed by atoms with van der Waals surface area (Å²) in [6.45, 7) is 5.78. The maximum atomic E-state index is 9.76. The fraction of sp³-hybridized carbons (Fsp3) is 1.00. The molecule has 0 saturated carbocycles. The van der Waals surface area contributed by atoms with Crippen molar-refractivity contribution in [3.05, 3.63) is 0 Å². The Morgan fingerprint density at radius 3 is 2.67 bits per heavy atom. The van der Waals surface area contributed by atoms with Crippen LogP contribution in [0.5, 0.6) is 0 Å². The molecule has 3 N–H and O–H groups in total. The van der Waals surface area contributed by atoms with Gasteiger partial charge in [0.15, 0.2) is 0 Å². The molecule has 0 spiro atoms. The minimum atomic E-state index is -0.378. The van der Waals surface area contributed by atoms with Crippen LogP contribution in [0.1, 0.15) is 13.8 Å². The predicted molar refractivity (Wildman–Crippen MR) is 60.9 cm³/mol. The van der Waals surface area contributed by atoms with E-state index < -0.39 is 0 Å². The van der Waals surface area contributed by atoms with Gasteiger partial charge in [0.05, 0.1) is 6.10 Å². The first-order valence-corrected chi connectivity index (χ1v) is 7.26. The fourth-order valence-electron chi connectivity index (χ4n) is 1.58. The van der Waals surface area contributed by atoms with Gasteiger partial charge in [-0.15, -0.1) is 0 Å². The third kappa shape index (κ3) is 2.25. The van der Waals surface area contributed by atoms with E-state index in [2.05, 4.69) is 39.4 Å². The van der Waals surface area contributed by atoms with Gasteiger partial charge >= 0.3 is 0 Å². The Kier molecular flexibility index (Phi) is 3.68. The van der Waals surface area contributed by atoms with Gasteiger partial charge in [-0.3, -0.25) is 0 Å². The molecule has 0 radical (unpaired) electrons. The zero-order valence-corrected chi connectivity index (χ0v) is 10.3. The van der Waals surface area contributed by atoms with E-state index in [1.165, 1.54) is 0 Å². The minimum Gasteiger partial charge on any atom is -0.391 e. The molecule has 0 aromatic heterocycles. The van der Waals surface area contributed by atoms with Gasteiger partial charge in [-0.05, 0) is 9.12 Å². The number of aliphatic hydroxyl groups is 1. The molecule has 12 heavy (non-hydrogen) atoms. The van der Waals surface area contributed by atoms with Crippen LogP contribution in [-0.2, 0) is 0 Å². The Bertz CT molecular complexity index is 167. The Labute approximate surface area is 89.8 Å². The van der Waals surface area contributed by atoms with Gasteiger partial charge in [0, 0.05) is 45.8 Å². The van der Waals surface area contributed by atoms with Gasteiger partial charge in [-0.25, -0.2) is 4.31 Å². The lowest BCUT2D eigenvalue weighted by Crippen LogP contribution is -2.58. The molecule has 1 saturated heterocycles. The first-order valence-electron chi connectivity index (χ1n) is 3.94. The SMILES string of the molecule is CC1(C)CN(SI)CC(N)C1O. The van der Waals surface area contributed by atoms with Crippen molar-refractivity contribution >= 4 is 30.3 Å². The van der Waals surface area contributed by atoms with Gasteiger partial charge in [0.1, 0.15) is 0 Å². The summed E-state index contributed by atoms with van der Waals surface area (Å²) >= 11 is 2.25. The molecule has 2 atom stereocenters. The lowest BCUT2D eigenvalue weighted by atomic mass is 9.80. The lowest BCUT2D eigenvalue weighted by Gasteiger charge is -2.43. The van der Waals surface area contributed by atoms with E-state index in [9.17, 15) is 5.11 Å².